The molecule has 0 saturated carbocycles. The summed E-state index contributed by atoms with van der Waals surface area (Å²) in [6.07, 6.45) is 2.52. The van der Waals surface area contributed by atoms with E-state index in [1.54, 1.807) is 23.1 Å². The second kappa shape index (κ2) is 15.4. The van der Waals surface area contributed by atoms with Crippen LogP contribution in [-0.4, -0.2) is 50.5 Å². The highest BCUT2D eigenvalue weighted by atomic mass is 35.5. The van der Waals surface area contributed by atoms with E-state index in [9.17, 15) is 18.0 Å². The molecule has 0 radical (unpaired) electrons. The first kappa shape index (κ1) is 33.4. The predicted octanol–water partition coefficient (Wildman–Crippen LogP) is 6.32. The molecular formula is C32H39Cl2N3O4S. The molecule has 0 aliphatic rings. The van der Waals surface area contributed by atoms with Crippen molar-refractivity contribution in [3.8, 4) is 0 Å². The monoisotopic (exact) mass is 631 g/mol. The van der Waals surface area contributed by atoms with Crippen molar-refractivity contribution in [2.45, 2.75) is 59.0 Å². The molecule has 1 atom stereocenters. The van der Waals surface area contributed by atoms with Gasteiger partial charge in [0.1, 0.15) is 6.04 Å². The zero-order valence-electron chi connectivity index (χ0n) is 24.6. The number of amides is 2. The third-order valence-electron chi connectivity index (χ3n) is 6.82. The van der Waals surface area contributed by atoms with E-state index in [0.29, 0.717) is 34.3 Å². The van der Waals surface area contributed by atoms with Gasteiger partial charge in [-0.3, -0.25) is 13.9 Å². The highest BCUT2D eigenvalue weighted by molar-refractivity contribution is 7.92. The molecule has 2 amide bonds. The van der Waals surface area contributed by atoms with Gasteiger partial charge in [-0.2, -0.15) is 0 Å². The number of benzene rings is 3. The average Bonchev–Trinajstić information content (AvgIpc) is 2.91. The lowest BCUT2D eigenvalue weighted by molar-refractivity contribution is -0.141. The summed E-state index contributed by atoms with van der Waals surface area (Å²) < 4.78 is 26.8. The molecule has 0 aliphatic heterocycles. The zero-order chi connectivity index (χ0) is 30.9. The Bertz CT molecular complexity index is 1460. The molecule has 0 unspecified atom stereocenters. The molecule has 0 aromatic heterocycles. The van der Waals surface area contributed by atoms with Gasteiger partial charge < -0.3 is 10.2 Å². The third-order valence-corrected chi connectivity index (χ3v) is 8.60. The van der Waals surface area contributed by atoms with Crippen LogP contribution in [0.3, 0.4) is 0 Å². The zero-order valence-corrected chi connectivity index (χ0v) is 26.9. The molecular weight excluding hydrogens is 593 g/mol. The van der Waals surface area contributed by atoms with Gasteiger partial charge in [-0.25, -0.2) is 8.42 Å². The number of nitrogens with zero attached hydrogens (tertiary/aromatic N) is 2. The fourth-order valence-corrected chi connectivity index (χ4v) is 6.27. The Morgan fingerprint density at radius 2 is 1.62 bits per heavy atom. The SMILES string of the molecule is CCCNC(=O)[C@@H](Cc1ccccc1)N(Cc1ccc(Cl)cc1Cl)C(=O)CCCN(c1cc(C)cc(C)c1)S(C)(=O)=O. The van der Waals surface area contributed by atoms with E-state index in [-0.39, 0.29) is 37.7 Å². The van der Waals surface area contributed by atoms with Crippen molar-refractivity contribution in [1.82, 2.24) is 10.2 Å². The lowest BCUT2D eigenvalue weighted by Gasteiger charge is -2.32. The molecule has 1 N–H and O–H groups in total. The number of rotatable bonds is 14. The maximum Gasteiger partial charge on any atom is 0.243 e. The fourth-order valence-electron chi connectivity index (χ4n) is 4.85. The van der Waals surface area contributed by atoms with Gasteiger partial charge in [0, 0.05) is 42.5 Å². The molecule has 7 nitrogen and oxygen atoms in total. The van der Waals surface area contributed by atoms with Crippen LogP contribution < -0.4 is 9.62 Å². The Morgan fingerprint density at radius 1 is 0.952 bits per heavy atom. The van der Waals surface area contributed by atoms with Crippen LogP contribution in [0, 0.1) is 13.8 Å². The Morgan fingerprint density at radius 3 is 2.21 bits per heavy atom. The summed E-state index contributed by atoms with van der Waals surface area (Å²) in [7, 11) is -3.59. The van der Waals surface area contributed by atoms with Crippen LogP contribution in [0.1, 0.15) is 48.4 Å². The molecule has 0 spiro atoms. The van der Waals surface area contributed by atoms with Gasteiger partial charge in [0.15, 0.2) is 0 Å². The fraction of sp³-hybridized carbons (Fsp3) is 0.375. The predicted molar refractivity (Wildman–Crippen MR) is 172 cm³/mol. The molecule has 3 rings (SSSR count). The van der Waals surface area contributed by atoms with Crippen LogP contribution in [0.25, 0.3) is 0 Å². The number of carbonyl (C=O) groups is 2. The van der Waals surface area contributed by atoms with Gasteiger partial charge in [-0.05, 0) is 73.2 Å². The van der Waals surface area contributed by atoms with E-state index >= 15 is 0 Å². The second-order valence-corrected chi connectivity index (χ2v) is 13.3. The molecule has 3 aromatic carbocycles. The lowest BCUT2D eigenvalue weighted by atomic mass is 10.0. The van der Waals surface area contributed by atoms with E-state index in [4.69, 9.17) is 23.2 Å². The largest absolute Gasteiger partial charge is 0.354 e. The second-order valence-electron chi connectivity index (χ2n) is 10.5. The number of hydrogen-bond donors (Lipinski definition) is 1. The van der Waals surface area contributed by atoms with Crippen molar-refractivity contribution in [2.24, 2.45) is 0 Å². The minimum atomic E-state index is -3.59. The smallest absolute Gasteiger partial charge is 0.243 e. The Balaban J connectivity index is 1.91. The first-order valence-corrected chi connectivity index (χ1v) is 16.6. The normalized spacial score (nSPS) is 12.0. The van der Waals surface area contributed by atoms with Crippen molar-refractivity contribution in [3.63, 3.8) is 0 Å². The Kier molecular flexibility index (Phi) is 12.3. The van der Waals surface area contributed by atoms with Crippen molar-refractivity contribution in [2.75, 3.05) is 23.7 Å². The number of nitrogens with one attached hydrogen (secondary N) is 1. The van der Waals surface area contributed by atoms with E-state index < -0.39 is 16.1 Å². The minimum absolute atomic E-state index is 0.0361. The number of sulfonamides is 1. The molecule has 10 heteroatoms. The van der Waals surface area contributed by atoms with E-state index in [1.807, 2.05) is 69.3 Å². The average molecular weight is 633 g/mol. The summed E-state index contributed by atoms with van der Waals surface area (Å²) >= 11 is 12.6. The summed E-state index contributed by atoms with van der Waals surface area (Å²) in [6, 6.07) is 19.4. The maximum absolute atomic E-state index is 13.9. The summed E-state index contributed by atoms with van der Waals surface area (Å²) in [5, 5.41) is 3.81. The van der Waals surface area contributed by atoms with Gasteiger partial charge in [0.25, 0.3) is 0 Å². The standard InChI is InChI=1S/C32H39Cl2N3O4S/c1-5-15-35-32(39)30(20-25-10-7-6-8-11-25)36(22-26-13-14-27(33)21-29(26)34)31(38)12-9-16-37(42(4,40)41)28-18-23(2)17-24(3)19-28/h6-8,10-11,13-14,17-19,21,30H,5,9,12,15-16,20,22H2,1-4H3,(H,35,39)/t30-/m1/s1. The Labute approximate surface area is 259 Å². The first-order chi connectivity index (χ1) is 19.9. The van der Waals surface area contributed by atoms with Crippen LogP contribution in [0.15, 0.2) is 66.7 Å². The van der Waals surface area contributed by atoms with Crippen LogP contribution in [0.4, 0.5) is 5.69 Å². The number of hydrogen-bond acceptors (Lipinski definition) is 4. The van der Waals surface area contributed by atoms with Crippen LogP contribution in [0.2, 0.25) is 10.0 Å². The number of carbonyl (C=O) groups excluding carboxylic acids is 2. The third kappa shape index (κ3) is 9.75. The molecule has 0 bridgehead atoms. The van der Waals surface area contributed by atoms with Crippen molar-refractivity contribution in [1.29, 1.82) is 0 Å². The van der Waals surface area contributed by atoms with Crippen molar-refractivity contribution >= 4 is 50.7 Å². The van der Waals surface area contributed by atoms with Crippen molar-refractivity contribution in [3.05, 3.63) is 99.0 Å². The molecule has 0 heterocycles. The lowest BCUT2D eigenvalue weighted by Crippen LogP contribution is -2.50. The molecule has 42 heavy (non-hydrogen) atoms. The number of aryl methyl sites for hydroxylation is 2. The summed E-state index contributed by atoms with van der Waals surface area (Å²) in [4.78, 5) is 29.0. The highest BCUT2D eigenvalue weighted by Gasteiger charge is 2.31. The summed E-state index contributed by atoms with van der Waals surface area (Å²) in [5.74, 6) is -0.533. The van der Waals surface area contributed by atoms with Gasteiger partial charge >= 0.3 is 0 Å². The Hall–Kier alpha value is -3.07. The maximum atomic E-state index is 13.9. The molecule has 226 valence electrons. The number of anilines is 1. The molecule has 0 saturated heterocycles. The van der Waals surface area contributed by atoms with Gasteiger partial charge in [-0.1, -0.05) is 72.6 Å². The topological polar surface area (TPSA) is 86.8 Å². The summed E-state index contributed by atoms with van der Waals surface area (Å²) in [5.41, 5.74) is 4.02. The quantitative estimate of drug-likeness (QED) is 0.225. The number of halogens is 2. The molecule has 0 fully saturated rings. The van der Waals surface area contributed by atoms with Gasteiger partial charge in [0.2, 0.25) is 21.8 Å². The highest BCUT2D eigenvalue weighted by Crippen LogP contribution is 2.26. The van der Waals surface area contributed by atoms with Gasteiger partial charge in [0.05, 0.1) is 11.9 Å². The van der Waals surface area contributed by atoms with E-state index in [2.05, 4.69) is 5.32 Å². The molecule has 0 aliphatic carbocycles. The van der Waals surface area contributed by atoms with Crippen LogP contribution in [0.5, 0.6) is 0 Å². The first-order valence-electron chi connectivity index (χ1n) is 14.0. The molecule has 3 aromatic rings. The minimum Gasteiger partial charge on any atom is -0.354 e. The van der Waals surface area contributed by atoms with Crippen LogP contribution >= 0.6 is 23.2 Å². The van der Waals surface area contributed by atoms with E-state index in [1.165, 1.54) is 4.31 Å². The van der Waals surface area contributed by atoms with Crippen molar-refractivity contribution < 1.29 is 18.0 Å². The van der Waals surface area contributed by atoms with Gasteiger partial charge in [-0.15, -0.1) is 0 Å². The summed E-state index contributed by atoms with van der Waals surface area (Å²) in [6.45, 7) is 6.49. The van der Waals surface area contributed by atoms with E-state index in [0.717, 1.165) is 29.4 Å². The van der Waals surface area contributed by atoms with Crippen LogP contribution in [-0.2, 0) is 32.6 Å².